The van der Waals surface area contributed by atoms with Gasteiger partial charge < -0.3 is 4.74 Å². The molecule has 4 rings (SSSR count). The molecule has 0 atom stereocenters. The van der Waals surface area contributed by atoms with Gasteiger partial charge in [-0.3, -0.25) is 4.72 Å². The number of ether oxygens (including phenoxy) is 1. The summed E-state index contributed by atoms with van der Waals surface area (Å²) >= 11 is 0. The Balaban J connectivity index is 1.65. The zero-order chi connectivity index (χ0) is 22.0. The third-order valence-corrected chi connectivity index (χ3v) is 6.41. The van der Waals surface area contributed by atoms with Gasteiger partial charge in [-0.2, -0.15) is 5.10 Å². The van der Waals surface area contributed by atoms with Crippen LogP contribution in [0.1, 0.15) is 11.4 Å². The van der Waals surface area contributed by atoms with Crippen molar-refractivity contribution >= 4 is 15.7 Å². The van der Waals surface area contributed by atoms with Crippen molar-refractivity contribution in [3.63, 3.8) is 0 Å². The number of aryl methyl sites for hydroxylation is 1. The summed E-state index contributed by atoms with van der Waals surface area (Å²) in [5.74, 6) is 1.08. The molecule has 0 aliphatic carbocycles. The molecular weight excluding hydrogens is 414 g/mol. The van der Waals surface area contributed by atoms with Gasteiger partial charge >= 0.3 is 0 Å². The van der Waals surface area contributed by atoms with Crippen LogP contribution in [0.4, 0.5) is 5.69 Å². The lowest BCUT2D eigenvalue weighted by atomic mass is 10.1. The summed E-state index contributed by atoms with van der Waals surface area (Å²) in [4.78, 5) is 0.109. The number of nitrogens with zero attached hydrogens (tertiary/aromatic N) is 4. The van der Waals surface area contributed by atoms with Gasteiger partial charge in [0.1, 0.15) is 10.6 Å². The molecule has 0 radical (unpaired) electrons. The average Bonchev–Trinajstić information content (AvgIpc) is 3.09. The lowest BCUT2D eigenvalue weighted by molar-refractivity contribution is 0.415. The van der Waals surface area contributed by atoms with Crippen LogP contribution in [-0.2, 0) is 10.0 Å². The Morgan fingerprint density at radius 3 is 2.23 bits per heavy atom. The van der Waals surface area contributed by atoms with Gasteiger partial charge in [0.2, 0.25) is 0 Å². The number of nitrogens with one attached hydrogen (secondary N) is 1. The summed E-state index contributed by atoms with van der Waals surface area (Å²) in [7, 11) is -2.30. The van der Waals surface area contributed by atoms with E-state index in [1.807, 2.05) is 36.4 Å². The van der Waals surface area contributed by atoms with E-state index in [9.17, 15) is 8.42 Å². The highest BCUT2D eigenvalue weighted by Crippen LogP contribution is 2.25. The first-order valence-corrected chi connectivity index (χ1v) is 11.0. The fraction of sp³-hybridized carbons (Fsp3) is 0.136. The molecule has 0 saturated heterocycles. The van der Waals surface area contributed by atoms with Crippen molar-refractivity contribution in [1.29, 1.82) is 0 Å². The maximum atomic E-state index is 13.0. The van der Waals surface area contributed by atoms with E-state index < -0.39 is 10.0 Å². The number of benzene rings is 2. The van der Waals surface area contributed by atoms with E-state index in [2.05, 4.69) is 20.0 Å². The second-order valence-corrected chi connectivity index (χ2v) is 8.51. The highest BCUT2D eigenvalue weighted by Gasteiger charge is 2.26. The van der Waals surface area contributed by atoms with Crippen LogP contribution in [0.2, 0.25) is 0 Å². The van der Waals surface area contributed by atoms with Gasteiger partial charge in [0.05, 0.1) is 24.2 Å². The number of methoxy groups -OCH3 is 1. The van der Waals surface area contributed by atoms with E-state index in [1.54, 1.807) is 51.3 Å². The fourth-order valence-corrected chi connectivity index (χ4v) is 4.76. The number of sulfonamides is 1. The third-order valence-electron chi connectivity index (χ3n) is 4.77. The van der Waals surface area contributed by atoms with Crippen LogP contribution in [0.5, 0.6) is 5.75 Å². The minimum absolute atomic E-state index is 0.109. The number of hydrogen-bond acceptors (Lipinski definition) is 6. The van der Waals surface area contributed by atoms with E-state index in [1.165, 1.54) is 4.68 Å². The minimum Gasteiger partial charge on any atom is -0.497 e. The van der Waals surface area contributed by atoms with Crippen LogP contribution in [0.3, 0.4) is 0 Å². The van der Waals surface area contributed by atoms with Crippen molar-refractivity contribution in [2.45, 2.75) is 18.7 Å². The minimum atomic E-state index is -3.85. The van der Waals surface area contributed by atoms with Crippen LogP contribution in [-0.4, -0.2) is 35.5 Å². The predicted molar refractivity (Wildman–Crippen MR) is 118 cm³/mol. The van der Waals surface area contributed by atoms with Crippen LogP contribution in [0, 0.1) is 13.8 Å². The van der Waals surface area contributed by atoms with Crippen molar-refractivity contribution in [2.24, 2.45) is 0 Å². The van der Waals surface area contributed by atoms with E-state index in [0.717, 1.165) is 11.3 Å². The van der Waals surface area contributed by atoms with Crippen molar-refractivity contribution in [2.75, 3.05) is 11.8 Å². The molecule has 4 aromatic rings. The molecule has 0 unspecified atom stereocenters. The van der Waals surface area contributed by atoms with E-state index >= 15 is 0 Å². The quantitative estimate of drug-likeness (QED) is 0.495. The molecule has 0 aliphatic rings. The van der Waals surface area contributed by atoms with E-state index in [4.69, 9.17) is 4.74 Å². The van der Waals surface area contributed by atoms with Gasteiger partial charge in [-0.05, 0) is 50.2 Å². The number of hydrogen-bond donors (Lipinski definition) is 1. The Hall–Kier alpha value is -3.72. The van der Waals surface area contributed by atoms with Crippen LogP contribution < -0.4 is 9.46 Å². The van der Waals surface area contributed by atoms with Crippen molar-refractivity contribution in [3.8, 4) is 22.8 Å². The van der Waals surface area contributed by atoms with Crippen molar-refractivity contribution < 1.29 is 13.2 Å². The monoisotopic (exact) mass is 435 g/mol. The molecule has 2 heterocycles. The first kappa shape index (κ1) is 20.5. The molecule has 1 N–H and O–H groups in total. The van der Waals surface area contributed by atoms with Gasteiger partial charge in [0.15, 0.2) is 5.82 Å². The first-order chi connectivity index (χ1) is 14.9. The third kappa shape index (κ3) is 4.13. The second-order valence-electron chi connectivity index (χ2n) is 6.89. The topological polar surface area (TPSA) is 99.0 Å². The average molecular weight is 436 g/mol. The molecule has 8 nitrogen and oxygen atoms in total. The summed E-state index contributed by atoms with van der Waals surface area (Å²) in [6.07, 6.45) is 0. The molecule has 158 valence electrons. The normalized spacial score (nSPS) is 11.3. The smallest absolute Gasteiger partial charge is 0.265 e. The molecule has 0 bridgehead atoms. The van der Waals surface area contributed by atoms with Gasteiger partial charge in [-0.15, -0.1) is 10.2 Å². The fourth-order valence-electron chi connectivity index (χ4n) is 3.31. The molecule has 31 heavy (non-hydrogen) atoms. The molecule has 0 amide bonds. The molecule has 9 heteroatoms. The van der Waals surface area contributed by atoms with Gasteiger partial charge in [0, 0.05) is 11.3 Å². The second kappa shape index (κ2) is 8.19. The van der Waals surface area contributed by atoms with Crippen LogP contribution >= 0.6 is 0 Å². The maximum Gasteiger partial charge on any atom is 0.265 e. The number of aromatic nitrogens is 4. The largest absolute Gasteiger partial charge is 0.497 e. The van der Waals surface area contributed by atoms with Crippen molar-refractivity contribution in [1.82, 2.24) is 20.0 Å². The Morgan fingerprint density at radius 2 is 1.61 bits per heavy atom. The first-order valence-electron chi connectivity index (χ1n) is 9.51. The Labute approximate surface area is 180 Å². The van der Waals surface area contributed by atoms with Crippen molar-refractivity contribution in [3.05, 3.63) is 78.1 Å². The molecule has 0 fully saturated rings. The van der Waals surface area contributed by atoms with E-state index in [0.29, 0.717) is 28.6 Å². The summed E-state index contributed by atoms with van der Waals surface area (Å²) in [5.41, 5.74) is 2.91. The summed E-state index contributed by atoms with van der Waals surface area (Å²) < 4.78 is 35.3. The summed E-state index contributed by atoms with van der Waals surface area (Å²) in [6.45, 7) is 3.34. The molecule has 2 aromatic heterocycles. The molecule has 0 saturated carbocycles. The number of anilines is 1. The zero-order valence-corrected chi connectivity index (χ0v) is 18.1. The lowest BCUT2D eigenvalue weighted by Gasteiger charge is -2.09. The Kier molecular flexibility index (Phi) is 5.43. The van der Waals surface area contributed by atoms with Gasteiger partial charge in [0.25, 0.3) is 10.0 Å². The highest BCUT2D eigenvalue weighted by molar-refractivity contribution is 7.92. The SMILES string of the molecule is COc1ccc(NS(=O)(=O)c2c(C)nn(-c3ccc(-c4ccccc4)nn3)c2C)cc1. The standard InChI is InChI=1S/C22H21N5O3S/c1-15-22(31(28,29)26-18-9-11-19(30-3)12-10-18)16(2)27(25-15)21-14-13-20(23-24-21)17-7-5-4-6-8-17/h4-14,26H,1-3H3. The molecule has 0 aliphatic heterocycles. The highest BCUT2D eigenvalue weighted by atomic mass is 32.2. The summed E-state index contributed by atoms with van der Waals surface area (Å²) in [6, 6.07) is 19.9. The maximum absolute atomic E-state index is 13.0. The molecule has 2 aromatic carbocycles. The van der Waals surface area contributed by atoms with Crippen LogP contribution in [0.25, 0.3) is 17.1 Å². The predicted octanol–water partition coefficient (Wildman–Crippen LogP) is 3.76. The zero-order valence-electron chi connectivity index (χ0n) is 17.3. The molecule has 0 spiro atoms. The molecular formula is C22H21N5O3S. The van der Waals surface area contributed by atoms with Crippen LogP contribution in [0.15, 0.2) is 71.6 Å². The number of rotatable bonds is 6. The Morgan fingerprint density at radius 1 is 0.903 bits per heavy atom. The van der Waals surface area contributed by atoms with E-state index in [-0.39, 0.29) is 4.90 Å². The van der Waals surface area contributed by atoms with Gasteiger partial charge in [-0.1, -0.05) is 30.3 Å². The van der Waals surface area contributed by atoms with Gasteiger partial charge in [-0.25, -0.2) is 13.1 Å². The summed E-state index contributed by atoms with van der Waals surface area (Å²) in [5, 5.41) is 12.9. The Bertz CT molecular complexity index is 1300. The lowest BCUT2D eigenvalue weighted by Crippen LogP contribution is -2.15.